The number of nitro benzene ring substituents is 1. The third kappa shape index (κ3) is 3.34. The van der Waals surface area contributed by atoms with Crippen LogP contribution in [-0.2, 0) is 0 Å². The minimum atomic E-state index is -0.622. The van der Waals surface area contributed by atoms with Crippen molar-refractivity contribution in [3.8, 4) is 17.6 Å². The summed E-state index contributed by atoms with van der Waals surface area (Å²) in [6, 6.07) is 4.29. The van der Waals surface area contributed by atoms with Gasteiger partial charge in [-0.15, -0.1) is 0 Å². The van der Waals surface area contributed by atoms with Gasteiger partial charge < -0.3 is 9.47 Å². The van der Waals surface area contributed by atoms with Crippen molar-refractivity contribution < 1.29 is 14.4 Å². The molecule has 6 nitrogen and oxygen atoms in total. The Morgan fingerprint density at radius 1 is 1.50 bits per heavy atom. The fourth-order valence-corrected chi connectivity index (χ4v) is 1.53. The Balaban J connectivity index is 3.11. The summed E-state index contributed by atoms with van der Waals surface area (Å²) < 4.78 is 10.4. The number of nitrogens with zero attached hydrogens (tertiary/aromatic N) is 2. The highest BCUT2D eigenvalue weighted by atomic mass is 79.9. The van der Waals surface area contributed by atoms with Crippen LogP contribution in [0, 0.1) is 21.4 Å². The minimum Gasteiger partial charge on any atom is -0.493 e. The lowest BCUT2D eigenvalue weighted by molar-refractivity contribution is -0.385. The van der Waals surface area contributed by atoms with Crippen molar-refractivity contribution in [2.75, 3.05) is 19.0 Å². The first-order chi connectivity index (χ1) is 8.63. The number of ether oxygens (including phenoxy) is 2. The average Bonchev–Trinajstić information content (AvgIpc) is 2.38. The van der Waals surface area contributed by atoms with Crippen molar-refractivity contribution in [2.24, 2.45) is 0 Å². The number of benzene rings is 1. The molecular weight excluding hydrogens is 304 g/mol. The molecule has 0 aliphatic carbocycles. The molecule has 0 unspecified atom stereocenters. The van der Waals surface area contributed by atoms with Crippen molar-refractivity contribution in [1.82, 2.24) is 0 Å². The lowest BCUT2D eigenvalue weighted by Gasteiger charge is -2.10. The molecule has 1 rings (SSSR count). The van der Waals surface area contributed by atoms with Crippen molar-refractivity contribution in [3.05, 3.63) is 27.8 Å². The second-order valence-electron chi connectivity index (χ2n) is 3.28. The number of rotatable bonds is 6. The van der Waals surface area contributed by atoms with Crippen LogP contribution in [0.3, 0.4) is 0 Å². The van der Waals surface area contributed by atoms with Crippen LogP contribution in [0.25, 0.3) is 0 Å². The Hall–Kier alpha value is -1.81. The summed E-state index contributed by atoms with van der Waals surface area (Å²) in [5, 5.41) is 20.4. The molecule has 0 atom stereocenters. The van der Waals surface area contributed by atoms with Gasteiger partial charge in [-0.1, -0.05) is 15.9 Å². The van der Waals surface area contributed by atoms with E-state index >= 15 is 0 Å². The summed E-state index contributed by atoms with van der Waals surface area (Å²) in [6.45, 7) is 0.435. The van der Waals surface area contributed by atoms with Crippen LogP contribution in [-0.4, -0.2) is 24.0 Å². The molecule has 18 heavy (non-hydrogen) atoms. The van der Waals surface area contributed by atoms with Gasteiger partial charge in [0.25, 0.3) is 5.69 Å². The Morgan fingerprint density at radius 2 is 2.22 bits per heavy atom. The van der Waals surface area contributed by atoms with Crippen LogP contribution in [0.15, 0.2) is 12.1 Å². The van der Waals surface area contributed by atoms with E-state index in [4.69, 9.17) is 14.7 Å². The van der Waals surface area contributed by atoms with Gasteiger partial charge in [0.1, 0.15) is 11.6 Å². The number of hydrogen-bond acceptors (Lipinski definition) is 5. The molecule has 96 valence electrons. The van der Waals surface area contributed by atoms with Crippen molar-refractivity contribution in [3.63, 3.8) is 0 Å². The summed E-state index contributed by atoms with van der Waals surface area (Å²) >= 11 is 3.26. The van der Waals surface area contributed by atoms with Gasteiger partial charge in [-0.3, -0.25) is 10.1 Å². The lowest BCUT2D eigenvalue weighted by atomic mass is 10.1. The zero-order valence-electron chi connectivity index (χ0n) is 9.68. The summed E-state index contributed by atoms with van der Waals surface area (Å²) in [5.74, 6) is 0.580. The Labute approximate surface area is 112 Å². The maximum absolute atomic E-state index is 10.8. The average molecular weight is 315 g/mol. The molecule has 0 bridgehead atoms. The quantitative estimate of drug-likeness (QED) is 0.349. The maximum atomic E-state index is 10.8. The normalized spacial score (nSPS) is 9.61. The van der Waals surface area contributed by atoms with E-state index in [1.54, 1.807) is 6.07 Å². The largest absolute Gasteiger partial charge is 0.493 e. The van der Waals surface area contributed by atoms with E-state index in [1.807, 2.05) is 0 Å². The number of alkyl halides is 1. The molecule has 0 fully saturated rings. The van der Waals surface area contributed by atoms with E-state index in [0.717, 1.165) is 11.8 Å². The van der Waals surface area contributed by atoms with Crippen LogP contribution < -0.4 is 9.47 Å². The van der Waals surface area contributed by atoms with E-state index in [2.05, 4.69) is 15.9 Å². The molecule has 0 N–H and O–H groups in total. The highest BCUT2D eigenvalue weighted by molar-refractivity contribution is 9.09. The van der Waals surface area contributed by atoms with Gasteiger partial charge >= 0.3 is 0 Å². The van der Waals surface area contributed by atoms with Crippen LogP contribution in [0.4, 0.5) is 5.69 Å². The van der Waals surface area contributed by atoms with Gasteiger partial charge in [-0.25, -0.2) is 0 Å². The third-order valence-electron chi connectivity index (χ3n) is 2.13. The first kappa shape index (κ1) is 14.3. The molecule has 7 heteroatoms. The van der Waals surface area contributed by atoms with Gasteiger partial charge in [-0.2, -0.15) is 5.26 Å². The standard InChI is InChI=1S/C11H11BrN2O4/c1-17-10-6-9(14(15)16)8(7-13)5-11(10)18-4-2-3-12/h5-6H,2-4H2,1H3. The van der Waals surface area contributed by atoms with Crippen LogP contribution in [0.5, 0.6) is 11.5 Å². The van der Waals surface area contributed by atoms with Crippen molar-refractivity contribution in [2.45, 2.75) is 6.42 Å². The molecule has 0 heterocycles. The molecule has 0 saturated heterocycles. The highest BCUT2D eigenvalue weighted by Crippen LogP contribution is 2.34. The topological polar surface area (TPSA) is 85.4 Å². The van der Waals surface area contributed by atoms with E-state index in [0.29, 0.717) is 12.4 Å². The van der Waals surface area contributed by atoms with Crippen LogP contribution in [0.2, 0.25) is 0 Å². The summed E-state index contributed by atoms with van der Waals surface area (Å²) in [7, 11) is 1.39. The van der Waals surface area contributed by atoms with Crippen molar-refractivity contribution in [1.29, 1.82) is 5.26 Å². The molecule has 0 amide bonds. The monoisotopic (exact) mass is 314 g/mol. The molecule has 0 aromatic heterocycles. The summed E-state index contributed by atoms with van der Waals surface area (Å²) in [5.41, 5.74) is -0.336. The first-order valence-corrected chi connectivity index (χ1v) is 6.21. The molecule has 1 aromatic carbocycles. The Kier molecular flexibility index (Phi) is 5.39. The molecule has 0 saturated carbocycles. The van der Waals surface area contributed by atoms with Crippen molar-refractivity contribution >= 4 is 21.6 Å². The van der Waals surface area contributed by atoms with Gasteiger partial charge in [0.05, 0.1) is 24.7 Å². The molecule has 0 aliphatic heterocycles. The number of nitriles is 1. The first-order valence-electron chi connectivity index (χ1n) is 5.09. The Bertz CT molecular complexity index is 485. The number of methoxy groups -OCH3 is 1. The van der Waals surface area contributed by atoms with Gasteiger partial charge in [0.15, 0.2) is 11.5 Å². The maximum Gasteiger partial charge on any atom is 0.291 e. The van der Waals surface area contributed by atoms with E-state index < -0.39 is 4.92 Å². The fraction of sp³-hybridized carbons (Fsp3) is 0.364. The zero-order chi connectivity index (χ0) is 13.5. The second-order valence-corrected chi connectivity index (χ2v) is 4.07. The van der Waals surface area contributed by atoms with Gasteiger partial charge in [-0.05, 0) is 6.42 Å². The number of halogens is 1. The predicted molar refractivity (Wildman–Crippen MR) is 68.3 cm³/mol. The van der Waals surface area contributed by atoms with Crippen LogP contribution >= 0.6 is 15.9 Å². The van der Waals surface area contributed by atoms with E-state index in [-0.39, 0.29) is 17.0 Å². The second kappa shape index (κ2) is 6.81. The van der Waals surface area contributed by atoms with E-state index in [1.165, 1.54) is 19.2 Å². The molecule has 1 aromatic rings. The number of nitro groups is 1. The SMILES string of the molecule is COc1cc([N+](=O)[O-])c(C#N)cc1OCCCBr. The van der Waals surface area contributed by atoms with Gasteiger partial charge in [0.2, 0.25) is 0 Å². The zero-order valence-corrected chi connectivity index (χ0v) is 11.3. The van der Waals surface area contributed by atoms with E-state index in [9.17, 15) is 10.1 Å². The van der Waals surface area contributed by atoms with Gasteiger partial charge in [0, 0.05) is 11.4 Å². The summed E-state index contributed by atoms with van der Waals surface area (Å²) in [4.78, 5) is 10.2. The highest BCUT2D eigenvalue weighted by Gasteiger charge is 2.19. The minimum absolute atomic E-state index is 0.0466. The molecule has 0 spiro atoms. The van der Waals surface area contributed by atoms with Crippen LogP contribution in [0.1, 0.15) is 12.0 Å². The molecular formula is C11H11BrN2O4. The summed E-state index contributed by atoms with van der Waals surface area (Å²) in [6.07, 6.45) is 0.780. The third-order valence-corrected chi connectivity index (χ3v) is 2.70. The fourth-order valence-electron chi connectivity index (χ4n) is 1.30. The Morgan fingerprint density at radius 3 is 2.72 bits per heavy atom. The predicted octanol–water partition coefficient (Wildman–Crippen LogP) is 2.64. The molecule has 0 aliphatic rings. The molecule has 0 radical (unpaired) electrons. The smallest absolute Gasteiger partial charge is 0.291 e. The lowest BCUT2D eigenvalue weighted by Crippen LogP contribution is -2.02. The number of hydrogen-bond donors (Lipinski definition) is 0.